The molecule has 4 rings (SSSR count). The molecule has 4 aromatic rings. The molecule has 0 bridgehead atoms. The number of oxazole rings is 1. The molecule has 0 aliphatic rings. The summed E-state index contributed by atoms with van der Waals surface area (Å²) in [6, 6.07) is 17.8. The lowest BCUT2D eigenvalue weighted by atomic mass is 10.2. The van der Waals surface area contributed by atoms with E-state index >= 15 is 0 Å². The van der Waals surface area contributed by atoms with Gasteiger partial charge in [-0.15, -0.1) is 0 Å². The van der Waals surface area contributed by atoms with E-state index in [4.69, 9.17) is 20.8 Å². The maximum Gasteiger partial charge on any atom is 0.255 e. The van der Waals surface area contributed by atoms with E-state index in [1.54, 1.807) is 49.6 Å². The molecule has 0 aliphatic heterocycles. The number of halogens is 2. The number of nitrogens with zero attached hydrogens (tertiary/aromatic N) is 1. The monoisotopic (exact) mass is 456 g/mol. The highest BCUT2D eigenvalue weighted by Crippen LogP contribution is 2.32. The largest absolute Gasteiger partial charge is 0.495 e. The van der Waals surface area contributed by atoms with E-state index in [-0.39, 0.29) is 5.91 Å². The van der Waals surface area contributed by atoms with Gasteiger partial charge in [0, 0.05) is 21.3 Å². The molecular formula is C21H14BrClN2O3. The number of hydrogen-bond acceptors (Lipinski definition) is 4. The second-order valence-corrected chi connectivity index (χ2v) is 7.34. The Balaban J connectivity index is 1.61. The molecule has 0 spiro atoms. The fraction of sp³-hybridized carbons (Fsp3) is 0.0476. The van der Waals surface area contributed by atoms with Gasteiger partial charge in [-0.3, -0.25) is 4.79 Å². The smallest absolute Gasteiger partial charge is 0.255 e. The summed E-state index contributed by atoms with van der Waals surface area (Å²) in [7, 11) is 1.56. The highest BCUT2D eigenvalue weighted by atomic mass is 79.9. The second kappa shape index (κ2) is 7.66. The molecule has 7 heteroatoms. The lowest BCUT2D eigenvalue weighted by Crippen LogP contribution is -2.11. The van der Waals surface area contributed by atoms with Crippen molar-refractivity contribution in [3.8, 4) is 17.2 Å². The number of carbonyl (C=O) groups is 1. The van der Waals surface area contributed by atoms with Crippen LogP contribution >= 0.6 is 27.5 Å². The lowest BCUT2D eigenvalue weighted by molar-refractivity contribution is 0.102. The van der Waals surface area contributed by atoms with Crippen LogP contribution in [0.5, 0.6) is 5.75 Å². The average Bonchev–Trinajstić information content (AvgIpc) is 3.11. The van der Waals surface area contributed by atoms with Crippen LogP contribution in [0, 0.1) is 0 Å². The van der Waals surface area contributed by atoms with Gasteiger partial charge in [0.25, 0.3) is 5.91 Å². The van der Waals surface area contributed by atoms with Crippen LogP contribution in [0.15, 0.2) is 69.6 Å². The molecule has 0 saturated carbocycles. The Kier molecular flexibility index (Phi) is 5.07. The van der Waals surface area contributed by atoms with Gasteiger partial charge in [0.1, 0.15) is 11.3 Å². The van der Waals surface area contributed by atoms with E-state index in [0.717, 1.165) is 10.0 Å². The first-order valence-corrected chi connectivity index (χ1v) is 9.52. The van der Waals surface area contributed by atoms with Crippen molar-refractivity contribution in [3.63, 3.8) is 0 Å². The van der Waals surface area contributed by atoms with Crippen LogP contribution < -0.4 is 10.1 Å². The van der Waals surface area contributed by atoms with Gasteiger partial charge in [-0.25, -0.2) is 4.98 Å². The molecule has 3 aromatic carbocycles. The highest BCUT2D eigenvalue weighted by molar-refractivity contribution is 9.10. The molecule has 0 fully saturated rings. The number of rotatable bonds is 4. The molecule has 140 valence electrons. The van der Waals surface area contributed by atoms with Gasteiger partial charge in [-0.05, 0) is 54.6 Å². The number of anilines is 1. The molecule has 28 heavy (non-hydrogen) atoms. The molecule has 0 saturated heterocycles. The summed E-state index contributed by atoms with van der Waals surface area (Å²) in [5.74, 6) is 0.820. The summed E-state index contributed by atoms with van der Waals surface area (Å²) < 4.78 is 11.8. The van der Waals surface area contributed by atoms with E-state index in [1.165, 1.54) is 0 Å². The third-order valence-corrected chi connectivity index (χ3v) is 4.92. The Hall–Kier alpha value is -2.83. The maximum absolute atomic E-state index is 12.4. The van der Waals surface area contributed by atoms with Gasteiger partial charge in [-0.2, -0.15) is 0 Å². The zero-order valence-corrected chi connectivity index (χ0v) is 17.0. The van der Waals surface area contributed by atoms with E-state index < -0.39 is 0 Å². The Labute approximate surface area is 174 Å². The van der Waals surface area contributed by atoms with Gasteiger partial charge in [0.2, 0.25) is 5.89 Å². The van der Waals surface area contributed by atoms with E-state index in [1.807, 2.05) is 18.2 Å². The minimum Gasteiger partial charge on any atom is -0.495 e. The predicted molar refractivity (Wildman–Crippen MR) is 113 cm³/mol. The summed E-state index contributed by atoms with van der Waals surface area (Å²) in [4.78, 5) is 16.9. The van der Waals surface area contributed by atoms with Crippen molar-refractivity contribution >= 4 is 50.2 Å². The van der Waals surface area contributed by atoms with Crippen molar-refractivity contribution in [3.05, 3.63) is 75.7 Å². The van der Waals surface area contributed by atoms with Crippen molar-refractivity contribution < 1.29 is 13.9 Å². The first-order chi connectivity index (χ1) is 13.5. The molecule has 1 aromatic heterocycles. The number of ether oxygens (including phenoxy) is 1. The van der Waals surface area contributed by atoms with Crippen LogP contribution in [-0.2, 0) is 0 Å². The Morgan fingerprint density at radius 3 is 2.75 bits per heavy atom. The number of benzene rings is 3. The fourth-order valence-corrected chi connectivity index (χ4v) is 3.42. The maximum atomic E-state index is 12.4. The normalized spacial score (nSPS) is 10.8. The van der Waals surface area contributed by atoms with Crippen molar-refractivity contribution in [2.24, 2.45) is 0 Å². The van der Waals surface area contributed by atoms with Crippen LogP contribution in [0.2, 0.25) is 5.02 Å². The first-order valence-electron chi connectivity index (χ1n) is 8.35. The Bertz CT molecular complexity index is 1190. The number of fused-ring (bicyclic) bond motifs is 1. The third-order valence-electron chi connectivity index (χ3n) is 4.13. The summed E-state index contributed by atoms with van der Waals surface area (Å²) >= 11 is 9.55. The van der Waals surface area contributed by atoms with E-state index in [0.29, 0.717) is 39.0 Å². The summed E-state index contributed by atoms with van der Waals surface area (Å²) in [5.41, 5.74) is 3.17. The average molecular weight is 458 g/mol. The number of amides is 1. The summed E-state index contributed by atoms with van der Waals surface area (Å²) in [5, 5.41) is 3.35. The van der Waals surface area contributed by atoms with Gasteiger partial charge in [-0.1, -0.05) is 33.6 Å². The standard InChI is InChI=1S/C21H14BrClN2O3/c1-27-18-7-5-13(10-16(18)23)21-25-17-11-15(6-8-19(17)28-21)24-20(26)12-3-2-4-14(22)9-12/h2-11H,1H3,(H,24,26). The summed E-state index contributed by atoms with van der Waals surface area (Å²) in [6.45, 7) is 0. The van der Waals surface area contributed by atoms with E-state index in [2.05, 4.69) is 26.2 Å². The first kappa shape index (κ1) is 18.5. The van der Waals surface area contributed by atoms with Crippen LogP contribution in [0.4, 0.5) is 5.69 Å². The number of hydrogen-bond donors (Lipinski definition) is 1. The van der Waals surface area contributed by atoms with E-state index in [9.17, 15) is 4.79 Å². The number of aromatic nitrogens is 1. The fourth-order valence-electron chi connectivity index (χ4n) is 2.76. The number of nitrogens with one attached hydrogen (secondary N) is 1. The quantitative estimate of drug-likeness (QED) is 0.398. The van der Waals surface area contributed by atoms with Gasteiger partial charge in [0.15, 0.2) is 5.58 Å². The molecule has 1 heterocycles. The van der Waals surface area contributed by atoms with Gasteiger partial charge < -0.3 is 14.5 Å². The second-order valence-electron chi connectivity index (χ2n) is 6.02. The van der Waals surface area contributed by atoms with Crippen molar-refractivity contribution in [2.45, 2.75) is 0 Å². The third kappa shape index (κ3) is 3.74. The molecule has 0 unspecified atom stereocenters. The highest BCUT2D eigenvalue weighted by Gasteiger charge is 2.12. The minimum absolute atomic E-state index is 0.202. The molecule has 1 N–H and O–H groups in total. The Morgan fingerprint density at radius 2 is 2.00 bits per heavy atom. The number of methoxy groups -OCH3 is 1. The van der Waals surface area contributed by atoms with Gasteiger partial charge >= 0.3 is 0 Å². The molecule has 0 atom stereocenters. The topological polar surface area (TPSA) is 64.4 Å². The lowest BCUT2D eigenvalue weighted by Gasteiger charge is -2.05. The molecule has 0 radical (unpaired) electrons. The molecule has 1 amide bonds. The molecule has 5 nitrogen and oxygen atoms in total. The van der Waals surface area contributed by atoms with Gasteiger partial charge in [0.05, 0.1) is 12.1 Å². The predicted octanol–water partition coefficient (Wildman–Crippen LogP) is 6.17. The van der Waals surface area contributed by atoms with Crippen molar-refractivity contribution in [2.75, 3.05) is 12.4 Å². The molecule has 0 aliphatic carbocycles. The van der Waals surface area contributed by atoms with Crippen LogP contribution in [0.1, 0.15) is 10.4 Å². The van der Waals surface area contributed by atoms with Crippen molar-refractivity contribution in [1.82, 2.24) is 4.98 Å². The number of carbonyl (C=O) groups excluding carboxylic acids is 1. The van der Waals surface area contributed by atoms with Crippen LogP contribution in [0.3, 0.4) is 0 Å². The SMILES string of the molecule is COc1ccc(-c2nc3cc(NC(=O)c4cccc(Br)c4)ccc3o2)cc1Cl. The Morgan fingerprint density at radius 1 is 1.14 bits per heavy atom. The van der Waals surface area contributed by atoms with Crippen molar-refractivity contribution in [1.29, 1.82) is 0 Å². The van der Waals surface area contributed by atoms with Crippen LogP contribution in [0.25, 0.3) is 22.6 Å². The zero-order valence-electron chi connectivity index (χ0n) is 14.7. The minimum atomic E-state index is -0.202. The summed E-state index contributed by atoms with van der Waals surface area (Å²) in [6.07, 6.45) is 0. The van der Waals surface area contributed by atoms with Crippen LogP contribution in [-0.4, -0.2) is 18.0 Å². The zero-order chi connectivity index (χ0) is 19.7. The molecular weight excluding hydrogens is 444 g/mol.